The van der Waals surface area contributed by atoms with Crippen LogP contribution in [0.2, 0.25) is 0 Å². The van der Waals surface area contributed by atoms with Crippen LogP contribution in [0.1, 0.15) is 42.7 Å². The summed E-state index contributed by atoms with van der Waals surface area (Å²) in [7, 11) is -3.37. The molecule has 1 unspecified atom stereocenters. The van der Waals surface area contributed by atoms with Crippen molar-refractivity contribution >= 4 is 15.9 Å². The van der Waals surface area contributed by atoms with Crippen LogP contribution < -0.4 is 5.32 Å². The Morgan fingerprint density at radius 2 is 1.61 bits per heavy atom. The first-order chi connectivity index (χ1) is 13.5. The highest BCUT2D eigenvalue weighted by atomic mass is 32.2. The molecule has 2 aromatic carbocycles. The zero-order valence-corrected chi connectivity index (χ0v) is 17.1. The van der Waals surface area contributed by atoms with E-state index in [4.69, 9.17) is 0 Å². The largest absolute Gasteiger partial charge is 0.355 e. The third-order valence-corrected chi connectivity index (χ3v) is 6.61. The summed E-state index contributed by atoms with van der Waals surface area (Å²) in [6.45, 7) is 0.926. The molecule has 3 rings (SSSR count). The molecule has 0 saturated carbocycles. The smallest absolute Gasteiger partial charge is 0.238 e. The third kappa shape index (κ3) is 5.20. The van der Waals surface area contributed by atoms with E-state index in [1.165, 1.54) is 21.7 Å². The predicted molar refractivity (Wildman–Crippen MR) is 112 cm³/mol. The van der Waals surface area contributed by atoms with Crippen LogP contribution in [0.3, 0.4) is 0 Å². The fraction of sp³-hybridized carbons (Fsp3) is 0.409. The standard InChI is InChI=1S/C22H28N2O3S/c1-28(26,27)24-17-9-8-14-21(24)22(25)23-16-15-20(18-10-4-2-5-11-18)19-12-6-3-7-13-19/h2-7,10-13,20-21H,8-9,14-17H2,1H3,(H,23,25). The maximum Gasteiger partial charge on any atom is 0.238 e. The van der Waals surface area contributed by atoms with Crippen LogP contribution in [0.5, 0.6) is 0 Å². The van der Waals surface area contributed by atoms with Crippen LogP contribution in [-0.4, -0.2) is 44.0 Å². The first-order valence-electron chi connectivity index (χ1n) is 9.81. The van der Waals surface area contributed by atoms with E-state index in [1.54, 1.807) is 0 Å². The molecule has 0 bridgehead atoms. The first kappa shape index (κ1) is 20.6. The van der Waals surface area contributed by atoms with Crippen LogP contribution in [0.4, 0.5) is 0 Å². The number of rotatable bonds is 7. The number of hydrogen-bond donors (Lipinski definition) is 1. The number of amides is 1. The Kier molecular flexibility index (Phi) is 6.86. The molecular weight excluding hydrogens is 372 g/mol. The molecule has 1 atom stereocenters. The summed E-state index contributed by atoms with van der Waals surface area (Å²) >= 11 is 0. The van der Waals surface area contributed by atoms with Gasteiger partial charge in [0.1, 0.15) is 6.04 Å². The van der Waals surface area contributed by atoms with Gasteiger partial charge >= 0.3 is 0 Å². The number of carbonyl (C=O) groups excluding carboxylic acids is 1. The molecule has 6 heteroatoms. The zero-order valence-electron chi connectivity index (χ0n) is 16.3. The Morgan fingerprint density at radius 1 is 1.04 bits per heavy atom. The van der Waals surface area contributed by atoms with Gasteiger partial charge in [-0.05, 0) is 30.4 Å². The average Bonchev–Trinajstić information content (AvgIpc) is 2.72. The molecule has 0 spiro atoms. The molecule has 1 fully saturated rings. The van der Waals surface area contributed by atoms with Crippen molar-refractivity contribution in [2.75, 3.05) is 19.3 Å². The van der Waals surface area contributed by atoms with E-state index >= 15 is 0 Å². The Morgan fingerprint density at radius 3 is 2.14 bits per heavy atom. The molecule has 2 aromatic rings. The highest BCUT2D eigenvalue weighted by Gasteiger charge is 2.34. The zero-order chi connectivity index (χ0) is 20.0. The maximum atomic E-state index is 12.7. The van der Waals surface area contributed by atoms with E-state index in [2.05, 4.69) is 29.6 Å². The van der Waals surface area contributed by atoms with E-state index in [0.29, 0.717) is 19.5 Å². The van der Waals surface area contributed by atoms with Crippen LogP contribution >= 0.6 is 0 Å². The number of nitrogens with one attached hydrogen (secondary N) is 1. The average molecular weight is 401 g/mol. The molecule has 0 radical (unpaired) electrons. The molecule has 1 aliphatic heterocycles. The molecular formula is C22H28N2O3S. The van der Waals surface area contributed by atoms with Crippen molar-refractivity contribution in [2.45, 2.75) is 37.6 Å². The molecule has 1 N–H and O–H groups in total. The van der Waals surface area contributed by atoms with Crippen LogP contribution in [0.15, 0.2) is 60.7 Å². The fourth-order valence-electron chi connectivity index (χ4n) is 3.92. The maximum absolute atomic E-state index is 12.7. The minimum atomic E-state index is -3.37. The van der Waals surface area contributed by atoms with Crippen LogP contribution in [0.25, 0.3) is 0 Å². The summed E-state index contributed by atoms with van der Waals surface area (Å²) in [5, 5.41) is 2.98. The summed E-state index contributed by atoms with van der Waals surface area (Å²) in [4.78, 5) is 12.7. The second-order valence-corrected chi connectivity index (χ2v) is 9.27. The van der Waals surface area contributed by atoms with E-state index in [0.717, 1.165) is 19.3 Å². The van der Waals surface area contributed by atoms with Gasteiger partial charge in [0.05, 0.1) is 6.26 Å². The highest BCUT2D eigenvalue weighted by Crippen LogP contribution is 2.27. The van der Waals surface area contributed by atoms with Gasteiger partial charge in [-0.15, -0.1) is 0 Å². The van der Waals surface area contributed by atoms with Crippen LogP contribution in [0, 0.1) is 0 Å². The lowest BCUT2D eigenvalue weighted by molar-refractivity contribution is -0.125. The Balaban J connectivity index is 1.66. The number of sulfonamides is 1. The van der Waals surface area contributed by atoms with E-state index in [9.17, 15) is 13.2 Å². The van der Waals surface area contributed by atoms with Crippen molar-refractivity contribution in [3.63, 3.8) is 0 Å². The van der Waals surface area contributed by atoms with Gasteiger partial charge in [-0.2, -0.15) is 4.31 Å². The second kappa shape index (κ2) is 9.34. The van der Waals surface area contributed by atoms with Crippen molar-refractivity contribution in [1.29, 1.82) is 0 Å². The summed E-state index contributed by atoms with van der Waals surface area (Å²) in [6.07, 6.45) is 4.20. The fourth-order valence-corrected chi connectivity index (χ4v) is 5.04. The van der Waals surface area contributed by atoms with Gasteiger partial charge < -0.3 is 5.32 Å². The van der Waals surface area contributed by atoms with Gasteiger partial charge in [-0.25, -0.2) is 8.42 Å². The lowest BCUT2D eigenvalue weighted by Crippen LogP contribution is -2.51. The van der Waals surface area contributed by atoms with Gasteiger partial charge in [-0.1, -0.05) is 67.1 Å². The van der Waals surface area contributed by atoms with E-state index in [-0.39, 0.29) is 11.8 Å². The molecule has 5 nitrogen and oxygen atoms in total. The van der Waals surface area contributed by atoms with Gasteiger partial charge in [0.25, 0.3) is 0 Å². The quantitative estimate of drug-likeness (QED) is 0.776. The van der Waals surface area contributed by atoms with Gasteiger partial charge in [0, 0.05) is 19.0 Å². The third-order valence-electron chi connectivity index (χ3n) is 5.32. The van der Waals surface area contributed by atoms with Crippen molar-refractivity contribution in [3.05, 3.63) is 71.8 Å². The lowest BCUT2D eigenvalue weighted by atomic mass is 9.88. The summed E-state index contributed by atoms with van der Waals surface area (Å²) in [5.74, 6) is -0.00920. The number of hydrogen-bond acceptors (Lipinski definition) is 3. The monoisotopic (exact) mass is 400 g/mol. The Bertz CT molecular complexity index is 830. The summed E-state index contributed by atoms with van der Waals surface area (Å²) in [6, 6.07) is 19.9. The van der Waals surface area contributed by atoms with Crippen molar-refractivity contribution < 1.29 is 13.2 Å². The van der Waals surface area contributed by atoms with Gasteiger partial charge in [0.15, 0.2) is 0 Å². The second-order valence-electron chi connectivity index (χ2n) is 7.34. The van der Waals surface area contributed by atoms with Gasteiger partial charge in [-0.3, -0.25) is 4.79 Å². The molecule has 1 amide bonds. The van der Waals surface area contributed by atoms with Crippen molar-refractivity contribution in [3.8, 4) is 0 Å². The number of benzene rings is 2. The minimum Gasteiger partial charge on any atom is -0.355 e. The molecule has 28 heavy (non-hydrogen) atoms. The lowest BCUT2D eigenvalue weighted by Gasteiger charge is -2.32. The highest BCUT2D eigenvalue weighted by molar-refractivity contribution is 7.88. The van der Waals surface area contributed by atoms with Crippen molar-refractivity contribution in [1.82, 2.24) is 9.62 Å². The molecule has 0 aliphatic carbocycles. The van der Waals surface area contributed by atoms with Crippen molar-refractivity contribution in [2.24, 2.45) is 0 Å². The topological polar surface area (TPSA) is 66.5 Å². The molecule has 150 valence electrons. The number of piperidine rings is 1. The summed E-state index contributed by atoms with van der Waals surface area (Å²) in [5.41, 5.74) is 2.41. The molecule has 0 aromatic heterocycles. The first-order valence-corrected chi connectivity index (χ1v) is 11.7. The number of carbonyl (C=O) groups is 1. The molecule has 1 saturated heterocycles. The molecule has 1 heterocycles. The normalized spacial score (nSPS) is 18.1. The summed E-state index contributed by atoms with van der Waals surface area (Å²) < 4.78 is 25.3. The van der Waals surface area contributed by atoms with E-state index < -0.39 is 16.1 Å². The van der Waals surface area contributed by atoms with Gasteiger partial charge in [0.2, 0.25) is 15.9 Å². The predicted octanol–water partition coefficient (Wildman–Crippen LogP) is 3.14. The number of nitrogens with zero attached hydrogens (tertiary/aromatic N) is 1. The Labute approximate surface area is 167 Å². The van der Waals surface area contributed by atoms with E-state index in [1.807, 2.05) is 36.4 Å². The molecule has 1 aliphatic rings. The Hall–Kier alpha value is -2.18. The minimum absolute atomic E-state index is 0.181. The SMILES string of the molecule is CS(=O)(=O)N1CCCCC1C(=O)NCCC(c1ccccc1)c1ccccc1. The van der Waals surface area contributed by atoms with Crippen LogP contribution in [-0.2, 0) is 14.8 Å².